The van der Waals surface area contributed by atoms with Crippen molar-refractivity contribution < 1.29 is 9.53 Å². The minimum atomic E-state index is -0.451. The minimum Gasteiger partial charge on any atom is -0.465 e. The van der Waals surface area contributed by atoms with Crippen LogP contribution in [-0.4, -0.2) is 22.6 Å². The van der Waals surface area contributed by atoms with Crippen LogP contribution in [0.3, 0.4) is 0 Å². The van der Waals surface area contributed by atoms with Gasteiger partial charge in [0.05, 0.1) is 24.1 Å². The SMILES string of the molecule is COC(=O)c1cc(-c2ccccc2)c(=O)n2c1-c1[nH]c3ccccc3c1CC2. The number of H-pyrrole nitrogens is 1. The van der Waals surface area contributed by atoms with E-state index in [4.69, 9.17) is 4.74 Å². The smallest absolute Gasteiger partial charge is 0.340 e. The van der Waals surface area contributed by atoms with E-state index in [1.54, 1.807) is 10.6 Å². The monoisotopic (exact) mass is 370 g/mol. The number of methoxy groups -OCH3 is 1. The summed E-state index contributed by atoms with van der Waals surface area (Å²) in [6.45, 7) is 0.522. The van der Waals surface area contributed by atoms with Crippen molar-refractivity contribution in [2.24, 2.45) is 0 Å². The van der Waals surface area contributed by atoms with Crippen LogP contribution < -0.4 is 5.56 Å². The first kappa shape index (κ1) is 16.6. The Morgan fingerprint density at radius 2 is 1.82 bits per heavy atom. The Bertz CT molecular complexity index is 1280. The van der Waals surface area contributed by atoms with Crippen LogP contribution in [0.5, 0.6) is 0 Å². The third-order valence-corrected chi connectivity index (χ3v) is 5.42. The number of rotatable bonds is 2. The summed E-state index contributed by atoms with van der Waals surface area (Å²) in [5, 5.41) is 1.12. The normalized spacial score (nSPS) is 12.5. The Morgan fingerprint density at radius 3 is 2.61 bits per heavy atom. The first-order valence-corrected chi connectivity index (χ1v) is 9.20. The molecule has 28 heavy (non-hydrogen) atoms. The van der Waals surface area contributed by atoms with Crippen LogP contribution in [0.1, 0.15) is 15.9 Å². The lowest BCUT2D eigenvalue weighted by molar-refractivity contribution is 0.0600. The molecule has 0 aliphatic carbocycles. The topological polar surface area (TPSA) is 64.1 Å². The summed E-state index contributed by atoms with van der Waals surface area (Å²) >= 11 is 0. The van der Waals surface area contributed by atoms with Gasteiger partial charge in [0.25, 0.3) is 5.56 Å². The molecule has 0 saturated carbocycles. The van der Waals surface area contributed by atoms with E-state index in [9.17, 15) is 9.59 Å². The molecule has 5 heteroatoms. The van der Waals surface area contributed by atoms with Gasteiger partial charge in [0.1, 0.15) is 0 Å². The largest absolute Gasteiger partial charge is 0.465 e. The summed E-state index contributed by atoms with van der Waals surface area (Å²) < 4.78 is 6.75. The molecule has 0 unspecified atom stereocenters. The lowest BCUT2D eigenvalue weighted by Gasteiger charge is -2.22. The van der Waals surface area contributed by atoms with Crippen LogP contribution in [0.2, 0.25) is 0 Å². The number of aromatic amines is 1. The number of hydrogen-bond acceptors (Lipinski definition) is 3. The van der Waals surface area contributed by atoms with Crippen molar-refractivity contribution in [3.8, 4) is 22.5 Å². The van der Waals surface area contributed by atoms with E-state index in [0.717, 1.165) is 34.1 Å². The summed E-state index contributed by atoms with van der Waals surface area (Å²) in [4.78, 5) is 29.4. The van der Waals surface area contributed by atoms with E-state index in [0.29, 0.717) is 23.4 Å². The van der Waals surface area contributed by atoms with Crippen LogP contribution in [-0.2, 0) is 17.7 Å². The minimum absolute atomic E-state index is 0.0989. The van der Waals surface area contributed by atoms with E-state index < -0.39 is 5.97 Å². The number of fused-ring (bicyclic) bond motifs is 5. The second-order valence-electron chi connectivity index (χ2n) is 6.91. The highest BCUT2D eigenvalue weighted by Crippen LogP contribution is 2.36. The summed E-state index contributed by atoms with van der Waals surface area (Å²) in [5.41, 5.74) is 5.15. The fraction of sp³-hybridized carbons (Fsp3) is 0.130. The molecule has 4 aromatic rings. The summed E-state index contributed by atoms with van der Waals surface area (Å²) in [5.74, 6) is -0.451. The molecule has 0 bridgehead atoms. The molecule has 1 aliphatic heterocycles. The van der Waals surface area contributed by atoms with Crippen LogP contribution >= 0.6 is 0 Å². The third-order valence-electron chi connectivity index (χ3n) is 5.42. The van der Waals surface area contributed by atoms with Crippen molar-refractivity contribution in [1.29, 1.82) is 0 Å². The van der Waals surface area contributed by atoms with Gasteiger partial charge in [-0.3, -0.25) is 4.79 Å². The zero-order valence-corrected chi connectivity index (χ0v) is 15.4. The van der Waals surface area contributed by atoms with E-state index in [1.165, 1.54) is 7.11 Å². The molecule has 138 valence electrons. The Labute approximate surface area is 161 Å². The molecule has 1 N–H and O–H groups in total. The number of aryl methyl sites for hydroxylation is 1. The van der Waals surface area contributed by atoms with Gasteiger partial charge in [0.2, 0.25) is 0 Å². The van der Waals surface area contributed by atoms with Gasteiger partial charge in [-0.15, -0.1) is 0 Å². The van der Waals surface area contributed by atoms with Gasteiger partial charge in [-0.05, 0) is 29.7 Å². The van der Waals surface area contributed by atoms with E-state index in [2.05, 4.69) is 11.1 Å². The molecule has 0 spiro atoms. The first-order valence-electron chi connectivity index (χ1n) is 9.20. The second-order valence-corrected chi connectivity index (χ2v) is 6.91. The van der Waals surface area contributed by atoms with Gasteiger partial charge >= 0.3 is 5.97 Å². The molecule has 0 fully saturated rings. The average Bonchev–Trinajstić information content (AvgIpc) is 3.13. The Morgan fingerprint density at radius 1 is 1.07 bits per heavy atom. The number of nitrogens with zero attached hydrogens (tertiary/aromatic N) is 1. The first-order chi connectivity index (χ1) is 13.7. The number of hydrogen-bond donors (Lipinski definition) is 1. The maximum absolute atomic E-state index is 13.3. The lowest BCUT2D eigenvalue weighted by atomic mass is 9.96. The number of pyridine rings is 1. The zero-order chi connectivity index (χ0) is 19.3. The van der Waals surface area contributed by atoms with Gasteiger partial charge in [0.15, 0.2) is 0 Å². The van der Waals surface area contributed by atoms with Crippen molar-refractivity contribution in [2.75, 3.05) is 7.11 Å². The molecule has 0 amide bonds. The molecule has 1 aliphatic rings. The van der Waals surface area contributed by atoms with Crippen molar-refractivity contribution in [1.82, 2.24) is 9.55 Å². The lowest BCUT2D eigenvalue weighted by Crippen LogP contribution is -2.29. The maximum atomic E-state index is 13.3. The molecule has 2 aromatic carbocycles. The van der Waals surface area contributed by atoms with Gasteiger partial charge in [-0.1, -0.05) is 48.5 Å². The number of esters is 1. The Balaban J connectivity index is 1.86. The maximum Gasteiger partial charge on any atom is 0.340 e. The Kier molecular flexibility index (Phi) is 3.69. The van der Waals surface area contributed by atoms with E-state index in [-0.39, 0.29) is 5.56 Å². The van der Waals surface area contributed by atoms with Crippen molar-refractivity contribution >= 4 is 16.9 Å². The van der Waals surface area contributed by atoms with Crippen LogP contribution in [0.15, 0.2) is 65.5 Å². The number of aromatic nitrogens is 2. The van der Waals surface area contributed by atoms with Gasteiger partial charge in [0, 0.05) is 23.0 Å². The number of nitrogens with one attached hydrogen (secondary N) is 1. The highest BCUT2D eigenvalue weighted by atomic mass is 16.5. The number of ether oxygens (including phenoxy) is 1. The molecule has 5 rings (SSSR count). The molecule has 0 atom stereocenters. The molecular weight excluding hydrogens is 352 g/mol. The number of carbonyl (C=O) groups is 1. The Hall–Kier alpha value is -3.60. The fourth-order valence-electron chi connectivity index (χ4n) is 4.13. The second kappa shape index (κ2) is 6.23. The molecule has 2 aromatic heterocycles. The quantitative estimate of drug-likeness (QED) is 0.542. The summed E-state index contributed by atoms with van der Waals surface area (Å²) in [6, 6.07) is 19.1. The van der Waals surface area contributed by atoms with Gasteiger partial charge in [-0.25, -0.2) is 4.79 Å². The van der Waals surface area contributed by atoms with Crippen molar-refractivity contribution in [2.45, 2.75) is 13.0 Å². The molecular formula is C23H18N2O3. The summed E-state index contributed by atoms with van der Waals surface area (Å²) in [7, 11) is 1.36. The van der Waals surface area contributed by atoms with E-state index in [1.807, 2.05) is 48.5 Å². The fourth-order valence-corrected chi connectivity index (χ4v) is 4.13. The standard InChI is InChI=1S/C23H18N2O3/c1-28-23(27)18-13-17(14-7-3-2-4-8-14)22(26)25-12-11-16-15-9-5-6-10-19(15)24-20(16)21(18)25/h2-10,13,24H,11-12H2,1H3. The predicted octanol–water partition coefficient (Wildman–Crippen LogP) is 4.01. The van der Waals surface area contributed by atoms with Crippen LogP contribution in [0.25, 0.3) is 33.4 Å². The molecule has 0 saturated heterocycles. The molecule has 0 radical (unpaired) electrons. The van der Waals surface area contributed by atoms with Crippen molar-refractivity contribution in [3.05, 3.63) is 82.1 Å². The van der Waals surface area contributed by atoms with Crippen molar-refractivity contribution in [3.63, 3.8) is 0 Å². The average molecular weight is 370 g/mol. The highest BCUT2D eigenvalue weighted by molar-refractivity contribution is 6.00. The van der Waals surface area contributed by atoms with Gasteiger partial charge in [-0.2, -0.15) is 0 Å². The summed E-state index contributed by atoms with van der Waals surface area (Å²) in [6.07, 6.45) is 0.727. The van der Waals surface area contributed by atoms with Crippen LogP contribution in [0, 0.1) is 0 Å². The number of benzene rings is 2. The van der Waals surface area contributed by atoms with Gasteiger partial charge < -0.3 is 14.3 Å². The number of carbonyl (C=O) groups excluding carboxylic acids is 1. The van der Waals surface area contributed by atoms with Crippen LogP contribution in [0.4, 0.5) is 0 Å². The predicted molar refractivity (Wildman–Crippen MR) is 108 cm³/mol. The molecule has 5 nitrogen and oxygen atoms in total. The third kappa shape index (κ3) is 2.33. The number of para-hydroxylation sites is 1. The van der Waals surface area contributed by atoms with E-state index >= 15 is 0 Å². The molecule has 3 heterocycles. The highest BCUT2D eigenvalue weighted by Gasteiger charge is 2.28. The zero-order valence-electron chi connectivity index (χ0n) is 15.4.